The van der Waals surface area contributed by atoms with E-state index in [0.717, 1.165) is 57.2 Å². The van der Waals surface area contributed by atoms with Crippen molar-refractivity contribution in [2.24, 2.45) is 0 Å². The van der Waals surface area contributed by atoms with E-state index in [-0.39, 0.29) is 24.9 Å². The molecule has 0 aromatic heterocycles. The van der Waals surface area contributed by atoms with E-state index in [1.807, 2.05) is 24.0 Å². The van der Waals surface area contributed by atoms with Crippen LogP contribution >= 0.6 is 0 Å². The van der Waals surface area contributed by atoms with E-state index < -0.39 is 22.2 Å². The Hall–Kier alpha value is -2.18. The molecule has 1 amide bonds. The van der Waals surface area contributed by atoms with Gasteiger partial charge in [-0.1, -0.05) is 43.4 Å². The predicted molar refractivity (Wildman–Crippen MR) is 124 cm³/mol. The Morgan fingerprint density at radius 2 is 1.57 bits per heavy atom. The van der Waals surface area contributed by atoms with Gasteiger partial charge in [0, 0.05) is 45.2 Å². The van der Waals surface area contributed by atoms with Gasteiger partial charge in [-0.15, -0.1) is 0 Å². The summed E-state index contributed by atoms with van der Waals surface area (Å²) >= 11 is 0. The Labute approximate surface area is 204 Å². The Bertz CT molecular complexity index is 925. The van der Waals surface area contributed by atoms with Crippen LogP contribution in [0, 0.1) is 6.92 Å². The minimum Gasteiger partial charge on any atom is -0.475 e. The van der Waals surface area contributed by atoms with E-state index in [0.29, 0.717) is 18.0 Å². The Kier molecular flexibility index (Phi) is 11.0. The third-order valence-corrected chi connectivity index (χ3v) is 8.08. The number of carboxylic acids is 1. The van der Waals surface area contributed by atoms with Gasteiger partial charge < -0.3 is 15.3 Å². The third-order valence-electron chi connectivity index (χ3n) is 6.12. The number of carboxylic acid groups (broad SMARTS) is 1. The summed E-state index contributed by atoms with van der Waals surface area (Å²) in [6, 6.07) is 7.04. The van der Waals surface area contributed by atoms with Crippen LogP contribution < -0.4 is 5.32 Å². The number of piperazine rings is 1. The molecular formula is C23H34F3N3O5S. The van der Waals surface area contributed by atoms with Crippen molar-refractivity contribution in [1.82, 2.24) is 14.5 Å². The first-order valence-corrected chi connectivity index (χ1v) is 13.2. The van der Waals surface area contributed by atoms with Gasteiger partial charge in [0.1, 0.15) is 0 Å². The van der Waals surface area contributed by atoms with Gasteiger partial charge in [-0.25, -0.2) is 13.2 Å². The third kappa shape index (κ3) is 9.08. The summed E-state index contributed by atoms with van der Waals surface area (Å²) in [5, 5.41) is 10.4. The number of amides is 1. The van der Waals surface area contributed by atoms with E-state index in [2.05, 4.69) is 5.32 Å². The van der Waals surface area contributed by atoms with Crippen LogP contribution in [0.3, 0.4) is 0 Å². The van der Waals surface area contributed by atoms with Gasteiger partial charge in [0.15, 0.2) is 0 Å². The maximum atomic E-state index is 13.4. The normalized spacial score (nSPS) is 17.9. The Morgan fingerprint density at radius 1 is 1.06 bits per heavy atom. The molecule has 12 heteroatoms. The van der Waals surface area contributed by atoms with Gasteiger partial charge in [-0.2, -0.15) is 17.5 Å². The van der Waals surface area contributed by atoms with Crippen LogP contribution in [0.15, 0.2) is 29.2 Å². The molecule has 0 atom stereocenters. The van der Waals surface area contributed by atoms with Crippen LogP contribution in [-0.2, 0) is 19.6 Å². The topological polar surface area (TPSA) is 107 Å². The molecule has 1 aromatic rings. The first-order valence-electron chi connectivity index (χ1n) is 11.8. The van der Waals surface area contributed by atoms with Crippen molar-refractivity contribution in [2.75, 3.05) is 32.7 Å². The highest BCUT2D eigenvalue weighted by Gasteiger charge is 2.38. The van der Waals surface area contributed by atoms with Crippen molar-refractivity contribution >= 4 is 21.9 Å². The van der Waals surface area contributed by atoms with Gasteiger partial charge in [0.05, 0.1) is 4.90 Å². The number of aryl methyl sites for hydroxylation is 1. The molecule has 1 saturated carbocycles. The fourth-order valence-electron chi connectivity index (χ4n) is 4.17. The molecule has 1 aromatic carbocycles. The maximum Gasteiger partial charge on any atom is 0.490 e. The van der Waals surface area contributed by atoms with Crippen LogP contribution in [0.2, 0.25) is 0 Å². The SMILES string of the molecule is Cc1ccc(S(=O)(=O)N(CCC(=O)N2CCNCC2)C2CCCCCC2)cc1.O=C(O)C(F)(F)F. The number of nitrogens with one attached hydrogen (secondary N) is 1. The van der Waals surface area contributed by atoms with Crippen molar-refractivity contribution in [2.45, 2.75) is 69.0 Å². The molecule has 0 unspecified atom stereocenters. The molecule has 1 aliphatic carbocycles. The molecule has 0 bridgehead atoms. The second-order valence-electron chi connectivity index (χ2n) is 8.76. The van der Waals surface area contributed by atoms with Gasteiger partial charge in [-0.05, 0) is 31.9 Å². The van der Waals surface area contributed by atoms with Gasteiger partial charge >= 0.3 is 12.1 Å². The average molecular weight is 522 g/mol. The standard InChI is InChI=1S/C21H33N3O3S.C2HF3O2/c1-18-8-10-20(11-9-18)28(26,27)24(19-6-4-2-3-5-7-19)15-12-21(25)23-16-13-22-14-17-23;3-2(4,5)1(6)7/h8-11,19,22H,2-7,12-17H2,1H3;(H,6,7). The Balaban J connectivity index is 0.000000540. The van der Waals surface area contributed by atoms with Crippen molar-refractivity contribution in [3.05, 3.63) is 29.8 Å². The summed E-state index contributed by atoms with van der Waals surface area (Å²) in [4.78, 5) is 23.7. The zero-order valence-corrected chi connectivity index (χ0v) is 20.7. The highest BCUT2D eigenvalue weighted by molar-refractivity contribution is 7.89. The molecule has 35 heavy (non-hydrogen) atoms. The summed E-state index contributed by atoms with van der Waals surface area (Å²) in [6.07, 6.45) is 1.36. The molecule has 1 heterocycles. The molecule has 8 nitrogen and oxygen atoms in total. The largest absolute Gasteiger partial charge is 0.490 e. The van der Waals surface area contributed by atoms with E-state index in [1.165, 1.54) is 0 Å². The number of alkyl halides is 3. The molecule has 2 fully saturated rings. The summed E-state index contributed by atoms with van der Waals surface area (Å²) < 4.78 is 60.2. The van der Waals surface area contributed by atoms with Gasteiger partial charge in [0.25, 0.3) is 0 Å². The molecular weight excluding hydrogens is 487 g/mol. The van der Waals surface area contributed by atoms with E-state index >= 15 is 0 Å². The van der Waals surface area contributed by atoms with E-state index in [9.17, 15) is 26.4 Å². The van der Waals surface area contributed by atoms with Crippen LogP contribution in [0.1, 0.15) is 50.5 Å². The second kappa shape index (κ2) is 13.2. The van der Waals surface area contributed by atoms with Gasteiger partial charge in [-0.3, -0.25) is 4.79 Å². The summed E-state index contributed by atoms with van der Waals surface area (Å²) in [6.45, 7) is 5.23. The zero-order chi connectivity index (χ0) is 26.1. The molecule has 0 spiro atoms. The molecule has 3 rings (SSSR count). The smallest absolute Gasteiger partial charge is 0.475 e. The minimum atomic E-state index is -5.08. The highest BCUT2D eigenvalue weighted by Crippen LogP contribution is 2.28. The lowest BCUT2D eigenvalue weighted by molar-refractivity contribution is -0.192. The number of aliphatic carboxylic acids is 1. The lowest BCUT2D eigenvalue weighted by Crippen LogP contribution is -2.48. The molecule has 1 saturated heterocycles. The molecule has 2 aliphatic rings. The van der Waals surface area contributed by atoms with Gasteiger partial charge in [0.2, 0.25) is 15.9 Å². The lowest BCUT2D eigenvalue weighted by Gasteiger charge is -2.32. The molecule has 1 aliphatic heterocycles. The van der Waals surface area contributed by atoms with Crippen LogP contribution in [0.4, 0.5) is 13.2 Å². The monoisotopic (exact) mass is 521 g/mol. The molecule has 198 valence electrons. The van der Waals surface area contributed by atoms with E-state index in [4.69, 9.17) is 9.90 Å². The summed E-state index contributed by atoms with van der Waals surface area (Å²) in [5.41, 5.74) is 1.04. The maximum absolute atomic E-state index is 13.4. The number of halogens is 3. The number of benzene rings is 1. The van der Waals surface area contributed by atoms with Crippen molar-refractivity contribution < 1.29 is 36.3 Å². The number of carbonyl (C=O) groups is 2. The number of sulfonamides is 1. The average Bonchev–Trinajstić information content (AvgIpc) is 3.09. The minimum absolute atomic E-state index is 0.00961. The fourth-order valence-corrected chi connectivity index (χ4v) is 5.85. The van der Waals surface area contributed by atoms with Crippen molar-refractivity contribution in [3.63, 3.8) is 0 Å². The number of carbonyl (C=O) groups excluding carboxylic acids is 1. The fraction of sp³-hybridized carbons (Fsp3) is 0.652. The summed E-state index contributed by atoms with van der Waals surface area (Å²) in [5.74, 6) is -2.70. The predicted octanol–water partition coefficient (Wildman–Crippen LogP) is 3.16. The van der Waals surface area contributed by atoms with Crippen LogP contribution in [0.25, 0.3) is 0 Å². The first kappa shape index (κ1) is 29.1. The molecule has 2 N–H and O–H groups in total. The Morgan fingerprint density at radius 3 is 2.06 bits per heavy atom. The highest BCUT2D eigenvalue weighted by atomic mass is 32.2. The number of nitrogens with zero attached hydrogens (tertiary/aromatic N) is 2. The second-order valence-corrected chi connectivity index (χ2v) is 10.6. The van der Waals surface area contributed by atoms with Crippen molar-refractivity contribution in [1.29, 1.82) is 0 Å². The lowest BCUT2D eigenvalue weighted by atomic mass is 10.1. The number of hydrogen-bond acceptors (Lipinski definition) is 5. The zero-order valence-electron chi connectivity index (χ0n) is 19.9. The first-order chi connectivity index (χ1) is 16.4. The number of rotatable bonds is 6. The number of hydrogen-bond donors (Lipinski definition) is 2. The van der Waals surface area contributed by atoms with Crippen LogP contribution in [-0.4, -0.2) is 79.5 Å². The van der Waals surface area contributed by atoms with E-state index in [1.54, 1.807) is 16.4 Å². The van der Waals surface area contributed by atoms with Crippen molar-refractivity contribution in [3.8, 4) is 0 Å². The van der Waals surface area contributed by atoms with Crippen LogP contribution in [0.5, 0.6) is 0 Å². The summed E-state index contributed by atoms with van der Waals surface area (Å²) in [7, 11) is -3.61. The quantitative estimate of drug-likeness (QED) is 0.557. The molecule has 0 radical (unpaired) electrons.